The van der Waals surface area contributed by atoms with E-state index in [1.807, 2.05) is 0 Å². The van der Waals surface area contributed by atoms with Gasteiger partial charge in [0.05, 0.1) is 0 Å². The second-order valence-electron chi connectivity index (χ2n) is 0.447. The second kappa shape index (κ2) is 42.7. The molecule has 2 nitrogen and oxygen atoms in total. The Labute approximate surface area is 64.1 Å². The van der Waals surface area contributed by atoms with E-state index < -0.39 is 0 Å². The molecule has 0 atom stereocenters. The van der Waals surface area contributed by atoms with Crippen LogP contribution < -0.4 is 0 Å². The van der Waals surface area contributed by atoms with Crippen LogP contribution in [0, 0.1) is 0 Å². The van der Waals surface area contributed by atoms with Crippen molar-refractivity contribution in [3.63, 3.8) is 0 Å². The molecule has 0 fully saturated rings. The third-order valence-corrected chi connectivity index (χ3v) is 0. The Balaban J connectivity index is -0.0000000275. The summed E-state index contributed by atoms with van der Waals surface area (Å²) in [6.45, 7) is 2.25. The molecule has 0 aliphatic carbocycles. The van der Waals surface area contributed by atoms with Gasteiger partial charge in [0.25, 0.3) is 0 Å². The van der Waals surface area contributed by atoms with Gasteiger partial charge in [-0.05, 0) is 0 Å². The maximum Gasteiger partial charge on any atom is 0 e. The van der Waals surface area contributed by atoms with Crippen molar-refractivity contribution in [1.29, 1.82) is 0 Å². The molecule has 0 aliphatic heterocycles. The van der Waals surface area contributed by atoms with E-state index in [-0.39, 0.29) is 32.7 Å². The van der Waals surface area contributed by atoms with E-state index in [0.717, 1.165) is 0 Å². The summed E-state index contributed by atoms with van der Waals surface area (Å²) in [5, 5.41) is 10.2. The van der Waals surface area contributed by atoms with Crippen molar-refractivity contribution in [2.75, 3.05) is 14.1 Å². The molecule has 0 rings (SSSR count). The zero-order valence-electron chi connectivity index (χ0n) is 4.18. The van der Waals surface area contributed by atoms with E-state index >= 15 is 0 Å². The fraction of sp³-hybridized carbons (Fsp3) is 0.667. The van der Waals surface area contributed by atoms with Gasteiger partial charge in [0.15, 0.2) is 0 Å². The average molecular weight is 161 g/mol. The summed E-state index contributed by atoms with van der Waals surface area (Å²) in [6.07, 6.45) is 0. The predicted octanol–water partition coefficient (Wildman–Crippen LogP) is 0.874. The van der Waals surface area contributed by atoms with Crippen LogP contribution in [0.15, 0.2) is 0 Å². The van der Waals surface area contributed by atoms with Crippen LogP contribution in [0.3, 0.4) is 0 Å². The van der Waals surface area contributed by atoms with Crippen molar-refractivity contribution < 1.29 is 32.7 Å². The van der Waals surface area contributed by atoms with Crippen molar-refractivity contribution in [1.82, 2.24) is 0 Å². The summed E-state index contributed by atoms with van der Waals surface area (Å²) in [5.41, 5.74) is 0. The molecule has 0 heterocycles. The van der Waals surface area contributed by atoms with Gasteiger partial charge < -0.3 is 10.7 Å². The van der Waals surface area contributed by atoms with Crippen LogP contribution in [0.5, 0.6) is 0 Å². The molecule has 0 amide bonds. The minimum Gasteiger partial charge on any atom is -0.817 e. The molecule has 0 aromatic heterocycles. The van der Waals surface area contributed by atoms with E-state index in [1.54, 1.807) is 14.1 Å². The molecule has 0 saturated heterocycles. The molecule has 3 heteroatoms. The second-order valence-corrected chi connectivity index (χ2v) is 0.447. The van der Waals surface area contributed by atoms with Crippen LogP contribution in [0.25, 0.3) is 10.7 Å². The minimum atomic E-state index is 0. The quantitative estimate of drug-likeness (QED) is 0.472. The van der Waals surface area contributed by atoms with Crippen molar-refractivity contribution in [2.45, 2.75) is 0 Å². The SMILES string of the molecule is C=[N-].C[N-]C.[Y]. The number of nitrogens with zero attached hydrogens (tertiary/aromatic N) is 2. The van der Waals surface area contributed by atoms with Gasteiger partial charge in [-0.1, -0.05) is 0 Å². The summed E-state index contributed by atoms with van der Waals surface area (Å²) in [4.78, 5) is 0. The fourth-order valence-electron chi connectivity index (χ4n) is 0. The van der Waals surface area contributed by atoms with Crippen LogP contribution in [-0.2, 0) is 32.7 Å². The van der Waals surface area contributed by atoms with Gasteiger partial charge in [0.2, 0.25) is 0 Å². The largest absolute Gasteiger partial charge is 0.817 e. The predicted molar refractivity (Wildman–Crippen MR) is 25.7 cm³/mol. The first-order valence-corrected chi connectivity index (χ1v) is 1.21. The average Bonchev–Trinajstić information content (AvgIpc) is 1.46. The molecule has 0 N–H and O–H groups in total. The van der Waals surface area contributed by atoms with E-state index in [9.17, 15) is 0 Å². The van der Waals surface area contributed by atoms with Crippen LogP contribution in [-0.4, -0.2) is 20.8 Å². The fourth-order valence-corrected chi connectivity index (χ4v) is 0. The summed E-state index contributed by atoms with van der Waals surface area (Å²) in [6, 6.07) is 0. The Morgan fingerprint density at radius 2 is 1.33 bits per heavy atom. The first kappa shape index (κ1) is 15.9. The molecular weight excluding hydrogens is 153 g/mol. The summed E-state index contributed by atoms with van der Waals surface area (Å²) < 4.78 is 0. The Morgan fingerprint density at radius 1 is 1.33 bits per heavy atom. The maximum absolute atomic E-state index is 6.75. The topological polar surface area (TPSA) is 36.4 Å². The molecule has 0 aliphatic rings. The van der Waals surface area contributed by atoms with Crippen LogP contribution in [0.4, 0.5) is 0 Å². The smallest absolute Gasteiger partial charge is 0 e. The van der Waals surface area contributed by atoms with Gasteiger partial charge in [-0.2, -0.15) is 14.1 Å². The van der Waals surface area contributed by atoms with Gasteiger partial charge in [-0.15, -0.1) is 0 Å². The van der Waals surface area contributed by atoms with Crippen molar-refractivity contribution in [3.05, 3.63) is 10.7 Å². The zero-order chi connectivity index (χ0) is 4.71. The molecule has 0 unspecified atom stereocenters. The normalized spacial score (nSPS) is 3.67. The number of rotatable bonds is 0. The van der Waals surface area contributed by atoms with Gasteiger partial charge in [-0.25, -0.2) is 6.72 Å². The van der Waals surface area contributed by atoms with E-state index in [0.29, 0.717) is 0 Å². The van der Waals surface area contributed by atoms with Crippen molar-refractivity contribution >= 4 is 6.72 Å². The van der Waals surface area contributed by atoms with Gasteiger partial charge in [-0.3, -0.25) is 0 Å². The Morgan fingerprint density at radius 3 is 1.33 bits per heavy atom. The Kier molecular flexibility index (Phi) is 113. The molecular formula is C3H8N2Y-2. The third-order valence-electron chi connectivity index (χ3n) is 0. The summed E-state index contributed by atoms with van der Waals surface area (Å²) in [7, 11) is 3.50. The van der Waals surface area contributed by atoms with Crippen LogP contribution in [0.1, 0.15) is 0 Å². The third kappa shape index (κ3) is 123. The number of hydrogen-bond acceptors (Lipinski definition) is 0. The molecule has 0 saturated carbocycles. The molecule has 0 bridgehead atoms. The van der Waals surface area contributed by atoms with Crippen LogP contribution >= 0.6 is 0 Å². The van der Waals surface area contributed by atoms with Gasteiger partial charge >= 0.3 is 0 Å². The van der Waals surface area contributed by atoms with E-state index in [4.69, 9.17) is 5.41 Å². The Hall–Kier alpha value is 0.734. The summed E-state index contributed by atoms with van der Waals surface area (Å²) in [5.74, 6) is 0. The van der Waals surface area contributed by atoms with Gasteiger partial charge in [0, 0.05) is 32.7 Å². The van der Waals surface area contributed by atoms with E-state index in [2.05, 4.69) is 12.0 Å². The maximum atomic E-state index is 6.75. The van der Waals surface area contributed by atoms with Crippen molar-refractivity contribution in [3.8, 4) is 0 Å². The van der Waals surface area contributed by atoms with Crippen molar-refractivity contribution in [2.24, 2.45) is 0 Å². The molecule has 0 spiro atoms. The molecule has 6 heavy (non-hydrogen) atoms. The monoisotopic (exact) mass is 161 g/mol. The molecule has 0 aromatic carbocycles. The molecule has 35 valence electrons. The first-order valence-electron chi connectivity index (χ1n) is 1.21. The zero-order valence-corrected chi connectivity index (χ0v) is 7.02. The van der Waals surface area contributed by atoms with E-state index in [1.165, 1.54) is 0 Å². The standard InChI is InChI=1S/C2H6N.CH2N.Y/c1-3-2;1-2;/h1-2H3;1H2;/q2*-1;. The minimum absolute atomic E-state index is 0. The summed E-state index contributed by atoms with van der Waals surface area (Å²) >= 11 is 0. The number of hydrogen-bond donors (Lipinski definition) is 0. The van der Waals surface area contributed by atoms with Gasteiger partial charge in [0.1, 0.15) is 0 Å². The first-order chi connectivity index (χ1) is 2.41. The van der Waals surface area contributed by atoms with Crippen LogP contribution in [0.2, 0.25) is 0 Å². The molecule has 1 radical (unpaired) electrons. The molecule has 0 aromatic rings. The Bertz CT molecular complexity index is 12.8.